The molecule has 2 aromatic heterocycles. The summed E-state index contributed by atoms with van der Waals surface area (Å²) in [5.41, 5.74) is -0.148. The van der Waals surface area contributed by atoms with Crippen molar-refractivity contribution in [3.63, 3.8) is 0 Å². The third-order valence-corrected chi connectivity index (χ3v) is 2.79. The van der Waals surface area contributed by atoms with Crippen molar-refractivity contribution >= 4 is 11.6 Å². The zero-order chi connectivity index (χ0) is 12.4. The van der Waals surface area contributed by atoms with E-state index in [0.29, 0.717) is 18.8 Å². The van der Waals surface area contributed by atoms with E-state index < -0.39 is 0 Å². The van der Waals surface area contributed by atoms with E-state index in [9.17, 15) is 4.79 Å². The topological polar surface area (TPSA) is 52.7 Å². The summed E-state index contributed by atoms with van der Waals surface area (Å²) >= 11 is 5.77. The lowest BCUT2D eigenvalue weighted by atomic mass is 10.4. The van der Waals surface area contributed by atoms with E-state index in [0.717, 1.165) is 5.82 Å². The average Bonchev–Trinajstić information content (AvgIpc) is 2.68. The lowest BCUT2D eigenvalue weighted by Gasteiger charge is -2.10. The number of nitrogens with zero attached hydrogens (tertiary/aromatic N) is 4. The van der Waals surface area contributed by atoms with Gasteiger partial charge in [-0.15, -0.1) is 0 Å². The van der Waals surface area contributed by atoms with Gasteiger partial charge in [-0.2, -0.15) is 0 Å². The minimum atomic E-state index is -0.148. The summed E-state index contributed by atoms with van der Waals surface area (Å²) in [6.45, 7) is 2.35. The largest absolute Gasteiger partial charge is 0.337 e. The molecule has 0 N–H and O–H groups in total. The smallest absolute Gasteiger partial charge is 0.255 e. The van der Waals surface area contributed by atoms with Crippen LogP contribution in [0, 0.1) is 0 Å². The summed E-state index contributed by atoms with van der Waals surface area (Å²) in [7, 11) is 1.89. The lowest BCUT2D eigenvalue weighted by Crippen LogP contribution is -2.25. The fraction of sp³-hybridized carbons (Fsp3) is 0.364. The molecule has 2 heterocycles. The van der Waals surface area contributed by atoms with Crippen LogP contribution in [0.5, 0.6) is 0 Å². The summed E-state index contributed by atoms with van der Waals surface area (Å²) in [6, 6.07) is 1.32. The number of aromatic nitrogens is 4. The number of imidazole rings is 1. The van der Waals surface area contributed by atoms with E-state index in [1.807, 2.05) is 24.7 Å². The second kappa shape index (κ2) is 4.71. The van der Waals surface area contributed by atoms with Crippen LogP contribution in [0.15, 0.2) is 23.3 Å². The van der Waals surface area contributed by atoms with E-state index in [-0.39, 0.29) is 10.7 Å². The number of hydrogen-bond donors (Lipinski definition) is 0. The Morgan fingerprint density at radius 3 is 2.76 bits per heavy atom. The summed E-state index contributed by atoms with van der Waals surface area (Å²) in [4.78, 5) is 20.2. The Bertz CT molecular complexity index is 587. The zero-order valence-corrected chi connectivity index (χ0v) is 10.5. The standard InChI is InChI=1S/C11H13ClN4O/c1-3-9-14-8(12)6-11(17)16(9)7-10-13-4-5-15(10)2/h4-6H,3,7H2,1-2H3. The summed E-state index contributed by atoms with van der Waals surface area (Å²) in [5.74, 6) is 1.48. The Morgan fingerprint density at radius 1 is 1.41 bits per heavy atom. The van der Waals surface area contributed by atoms with Crippen LogP contribution in [0.25, 0.3) is 0 Å². The monoisotopic (exact) mass is 252 g/mol. The Labute approximate surface area is 104 Å². The van der Waals surface area contributed by atoms with Gasteiger partial charge in [-0.3, -0.25) is 9.36 Å². The molecule has 0 saturated heterocycles. The Hall–Kier alpha value is -1.62. The molecule has 2 rings (SSSR count). The molecule has 0 radical (unpaired) electrons. The van der Waals surface area contributed by atoms with Crippen molar-refractivity contribution in [3.8, 4) is 0 Å². The van der Waals surface area contributed by atoms with E-state index >= 15 is 0 Å². The maximum atomic E-state index is 11.9. The molecule has 0 aromatic carbocycles. The second-order valence-electron chi connectivity index (χ2n) is 3.73. The van der Waals surface area contributed by atoms with Gasteiger partial charge in [0.15, 0.2) is 0 Å². The minimum absolute atomic E-state index is 0.148. The molecule has 90 valence electrons. The highest BCUT2D eigenvalue weighted by atomic mass is 35.5. The first-order valence-electron chi connectivity index (χ1n) is 5.34. The molecule has 0 saturated carbocycles. The molecule has 0 unspecified atom stereocenters. The van der Waals surface area contributed by atoms with Gasteiger partial charge in [-0.05, 0) is 0 Å². The zero-order valence-electron chi connectivity index (χ0n) is 9.72. The first-order valence-corrected chi connectivity index (χ1v) is 5.72. The number of aryl methyl sites for hydroxylation is 2. The molecule has 17 heavy (non-hydrogen) atoms. The van der Waals surface area contributed by atoms with Gasteiger partial charge in [0.2, 0.25) is 0 Å². The Balaban J connectivity index is 2.45. The molecule has 0 aliphatic rings. The van der Waals surface area contributed by atoms with Gasteiger partial charge < -0.3 is 4.57 Å². The molecule has 5 nitrogen and oxygen atoms in total. The van der Waals surface area contributed by atoms with Gasteiger partial charge in [-0.1, -0.05) is 18.5 Å². The number of hydrogen-bond acceptors (Lipinski definition) is 3. The van der Waals surface area contributed by atoms with Crippen molar-refractivity contribution in [2.75, 3.05) is 0 Å². The van der Waals surface area contributed by atoms with Gasteiger partial charge in [0.05, 0.1) is 6.54 Å². The molecular weight excluding hydrogens is 240 g/mol. The van der Waals surface area contributed by atoms with E-state index in [2.05, 4.69) is 9.97 Å². The predicted molar refractivity (Wildman–Crippen MR) is 65.2 cm³/mol. The van der Waals surface area contributed by atoms with Crippen LogP contribution >= 0.6 is 11.6 Å². The van der Waals surface area contributed by atoms with Crippen molar-refractivity contribution in [2.45, 2.75) is 19.9 Å². The maximum absolute atomic E-state index is 11.9. The molecular formula is C11H13ClN4O. The molecule has 0 amide bonds. The van der Waals surface area contributed by atoms with Crippen LogP contribution in [-0.2, 0) is 20.0 Å². The molecule has 2 aromatic rings. The van der Waals surface area contributed by atoms with Crippen LogP contribution in [0.1, 0.15) is 18.6 Å². The number of rotatable bonds is 3. The summed E-state index contributed by atoms with van der Waals surface area (Å²) < 4.78 is 3.47. The molecule has 0 aliphatic carbocycles. The minimum Gasteiger partial charge on any atom is -0.337 e. The SMILES string of the molecule is CCc1nc(Cl)cc(=O)n1Cc1nccn1C. The molecule has 0 spiro atoms. The fourth-order valence-electron chi connectivity index (χ4n) is 1.65. The molecule has 0 atom stereocenters. The van der Waals surface area contributed by atoms with E-state index in [4.69, 9.17) is 11.6 Å². The molecule has 0 aliphatic heterocycles. The highest BCUT2D eigenvalue weighted by molar-refractivity contribution is 6.29. The van der Waals surface area contributed by atoms with Gasteiger partial charge in [-0.25, -0.2) is 9.97 Å². The predicted octanol–water partition coefficient (Wildman–Crippen LogP) is 1.24. The third kappa shape index (κ3) is 2.39. The van der Waals surface area contributed by atoms with Crippen LogP contribution in [0.2, 0.25) is 5.15 Å². The van der Waals surface area contributed by atoms with E-state index in [1.54, 1.807) is 10.8 Å². The van der Waals surface area contributed by atoms with Gasteiger partial charge in [0.25, 0.3) is 5.56 Å². The van der Waals surface area contributed by atoms with Crippen molar-refractivity contribution in [2.24, 2.45) is 7.05 Å². The average molecular weight is 253 g/mol. The van der Waals surface area contributed by atoms with Crippen LogP contribution < -0.4 is 5.56 Å². The fourth-order valence-corrected chi connectivity index (χ4v) is 1.84. The van der Waals surface area contributed by atoms with Gasteiger partial charge in [0.1, 0.15) is 16.8 Å². The lowest BCUT2D eigenvalue weighted by molar-refractivity contribution is 0.628. The molecule has 0 fully saturated rings. The number of halogens is 1. The molecule has 6 heteroatoms. The highest BCUT2D eigenvalue weighted by Gasteiger charge is 2.09. The first kappa shape index (κ1) is 11.9. The van der Waals surface area contributed by atoms with Crippen molar-refractivity contribution < 1.29 is 0 Å². The maximum Gasteiger partial charge on any atom is 0.255 e. The highest BCUT2D eigenvalue weighted by Crippen LogP contribution is 2.05. The molecule has 0 bridgehead atoms. The third-order valence-electron chi connectivity index (χ3n) is 2.59. The van der Waals surface area contributed by atoms with Crippen LogP contribution in [0.3, 0.4) is 0 Å². The van der Waals surface area contributed by atoms with Gasteiger partial charge in [0, 0.05) is 31.9 Å². The normalized spacial score (nSPS) is 10.8. The van der Waals surface area contributed by atoms with E-state index in [1.165, 1.54) is 6.07 Å². The second-order valence-corrected chi connectivity index (χ2v) is 4.11. The van der Waals surface area contributed by atoms with Crippen molar-refractivity contribution in [1.29, 1.82) is 0 Å². The van der Waals surface area contributed by atoms with Crippen molar-refractivity contribution in [3.05, 3.63) is 45.6 Å². The van der Waals surface area contributed by atoms with Gasteiger partial charge >= 0.3 is 0 Å². The first-order chi connectivity index (χ1) is 8.11. The Kier molecular flexibility index (Phi) is 3.28. The Morgan fingerprint density at radius 2 is 2.18 bits per heavy atom. The van der Waals surface area contributed by atoms with Crippen molar-refractivity contribution in [1.82, 2.24) is 19.1 Å². The summed E-state index contributed by atoms with van der Waals surface area (Å²) in [5, 5.41) is 0.239. The van der Waals surface area contributed by atoms with Crippen LogP contribution in [-0.4, -0.2) is 19.1 Å². The quantitative estimate of drug-likeness (QED) is 0.773. The summed E-state index contributed by atoms with van der Waals surface area (Å²) in [6.07, 6.45) is 4.20. The van der Waals surface area contributed by atoms with Crippen LogP contribution in [0.4, 0.5) is 0 Å².